The number of hydrogen-bond acceptors (Lipinski definition) is 1. The summed E-state index contributed by atoms with van der Waals surface area (Å²) < 4.78 is 41.1. The van der Waals surface area contributed by atoms with Gasteiger partial charge in [-0.1, -0.05) is 62.1 Å². The molecule has 6 heteroatoms. The van der Waals surface area contributed by atoms with E-state index in [-0.39, 0.29) is 23.4 Å². The summed E-state index contributed by atoms with van der Waals surface area (Å²) in [6.07, 6.45) is 6.86. The van der Waals surface area contributed by atoms with Gasteiger partial charge in [-0.05, 0) is 59.4 Å². The molecule has 0 spiro atoms. The quantitative estimate of drug-likeness (QED) is 0.278. The molecule has 4 aromatic rings. The highest BCUT2D eigenvalue weighted by Gasteiger charge is 2.19. The molecule has 0 amide bonds. The zero-order valence-electron chi connectivity index (χ0n) is 19.3. The smallest absolute Gasteiger partial charge is 0.127 e. The second-order valence-corrected chi connectivity index (χ2v) is 8.06. The summed E-state index contributed by atoms with van der Waals surface area (Å²) in [5, 5.41) is 0. The minimum absolute atomic E-state index is 0.170. The number of aryl methyl sites for hydroxylation is 1. The fourth-order valence-electron chi connectivity index (χ4n) is 3.93. The van der Waals surface area contributed by atoms with E-state index in [2.05, 4.69) is 9.97 Å². The molecular weight excluding hydrogens is 432 g/mol. The Morgan fingerprint density at radius 3 is 2.03 bits per heavy atom. The first-order valence-corrected chi connectivity index (χ1v) is 11.5. The summed E-state index contributed by atoms with van der Waals surface area (Å²) in [6.45, 7) is 2.02. The number of rotatable bonds is 8. The van der Waals surface area contributed by atoms with Crippen LogP contribution in [0.2, 0.25) is 6.32 Å². The van der Waals surface area contributed by atoms with Crippen molar-refractivity contribution in [3.8, 4) is 0 Å². The van der Waals surface area contributed by atoms with Gasteiger partial charge in [0.2, 0.25) is 0 Å². The highest BCUT2D eigenvalue weighted by Crippen LogP contribution is 2.32. The zero-order chi connectivity index (χ0) is 24.3. The molecule has 2 nitrogen and oxygen atoms in total. The van der Waals surface area contributed by atoms with Crippen LogP contribution in [0.5, 0.6) is 0 Å². The van der Waals surface area contributed by atoms with Gasteiger partial charge in [0, 0.05) is 24.7 Å². The molecule has 0 unspecified atom stereocenters. The summed E-state index contributed by atoms with van der Waals surface area (Å²) in [4.78, 5) is 7.13. The Morgan fingerprint density at radius 2 is 1.50 bits per heavy atom. The van der Waals surface area contributed by atoms with E-state index >= 15 is 0 Å². The maximum atomic E-state index is 13.9. The van der Waals surface area contributed by atoms with E-state index in [9.17, 15) is 13.2 Å². The van der Waals surface area contributed by atoms with Gasteiger partial charge in [-0.25, -0.2) is 18.2 Å². The van der Waals surface area contributed by atoms with Gasteiger partial charge in [0.25, 0.3) is 0 Å². The van der Waals surface area contributed by atoms with E-state index in [4.69, 9.17) is 7.85 Å². The number of benzene rings is 3. The molecule has 0 aliphatic carbocycles. The van der Waals surface area contributed by atoms with Crippen LogP contribution in [0.4, 0.5) is 13.2 Å². The fourth-order valence-corrected chi connectivity index (χ4v) is 3.93. The Morgan fingerprint density at radius 1 is 0.882 bits per heavy atom. The van der Waals surface area contributed by atoms with Gasteiger partial charge in [-0.3, -0.25) is 0 Å². The number of nitrogens with one attached hydrogen (secondary N) is 1. The predicted octanol–water partition coefficient (Wildman–Crippen LogP) is 7.17. The minimum Gasteiger partial charge on any atom is -0.348 e. The molecule has 34 heavy (non-hydrogen) atoms. The summed E-state index contributed by atoms with van der Waals surface area (Å²) in [6, 6.07) is 18.2. The van der Waals surface area contributed by atoms with Crippen LogP contribution in [0.3, 0.4) is 0 Å². The Bertz CT molecular complexity index is 1120. The van der Waals surface area contributed by atoms with Gasteiger partial charge >= 0.3 is 0 Å². The molecule has 0 saturated carbocycles. The lowest BCUT2D eigenvalue weighted by atomic mass is 9.84. The van der Waals surface area contributed by atoms with E-state index in [0.717, 1.165) is 29.8 Å². The van der Waals surface area contributed by atoms with Crippen LogP contribution in [0, 0.1) is 17.5 Å². The van der Waals surface area contributed by atoms with E-state index < -0.39 is 0 Å². The summed E-state index contributed by atoms with van der Waals surface area (Å²) in [7, 11) is 5.52. The van der Waals surface area contributed by atoms with Gasteiger partial charge in [-0.2, -0.15) is 0 Å². The molecule has 3 aromatic carbocycles. The molecule has 0 aliphatic rings. The lowest BCUT2D eigenvalue weighted by molar-refractivity contribution is 0.555. The Balaban J connectivity index is 0.000000196. The van der Waals surface area contributed by atoms with Gasteiger partial charge in [0.15, 0.2) is 0 Å². The molecule has 1 aromatic heterocycles. The van der Waals surface area contributed by atoms with Crippen molar-refractivity contribution in [3.05, 3.63) is 125 Å². The highest BCUT2D eigenvalue weighted by atomic mass is 19.1. The standard InChI is InChI=1S/C16H15BF2.C12H13FN2/c17-11-5-8-12(13-6-1-3-9-15(13)18)14-7-2-4-10-16(14)19;1-2-9-5-10(7-11(13)6-9)8-12-14-3-4-15-12/h1-4,6-7,9-10,12H,5,8,11H2;3-7H,2,8H2,1H3,(H,14,15). The number of aromatic nitrogens is 2. The summed E-state index contributed by atoms with van der Waals surface area (Å²) >= 11 is 0. The van der Waals surface area contributed by atoms with Crippen molar-refractivity contribution < 1.29 is 13.2 Å². The lowest BCUT2D eigenvalue weighted by Crippen LogP contribution is -2.06. The van der Waals surface area contributed by atoms with Crippen LogP contribution >= 0.6 is 0 Å². The number of halogens is 3. The van der Waals surface area contributed by atoms with Crippen LogP contribution in [-0.4, -0.2) is 17.8 Å². The first-order valence-electron chi connectivity index (χ1n) is 11.5. The Kier molecular flexibility index (Phi) is 9.56. The number of nitrogens with zero attached hydrogens (tertiary/aromatic N) is 1. The van der Waals surface area contributed by atoms with Gasteiger partial charge in [-0.15, -0.1) is 0 Å². The maximum absolute atomic E-state index is 13.9. The van der Waals surface area contributed by atoms with Crippen molar-refractivity contribution in [1.82, 2.24) is 9.97 Å². The third-order valence-corrected chi connectivity index (χ3v) is 5.61. The average molecular weight is 460 g/mol. The topological polar surface area (TPSA) is 28.7 Å². The van der Waals surface area contributed by atoms with Crippen LogP contribution in [0.25, 0.3) is 0 Å². The van der Waals surface area contributed by atoms with Gasteiger partial charge in [0.05, 0.1) is 7.85 Å². The van der Waals surface area contributed by atoms with Crippen LogP contribution in [0.15, 0.2) is 79.1 Å². The van der Waals surface area contributed by atoms with Crippen LogP contribution < -0.4 is 0 Å². The van der Waals surface area contributed by atoms with Crippen molar-refractivity contribution in [1.29, 1.82) is 0 Å². The molecule has 1 heterocycles. The molecule has 0 bridgehead atoms. The van der Waals surface area contributed by atoms with Crippen molar-refractivity contribution in [2.24, 2.45) is 0 Å². The van der Waals surface area contributed by atoms with Crippen LogP contribution in [-0.2, 0) is 12.8 Å². The average Bonchev–Trinajstić information content (AvgIpc) is 3.34. The monoisotopic (exact) mass is 460 g/mol. The van der Waals surface area contributed by atoms with Gasteiger partial charge < -0.3 is 4.98 Å². The summed E-state index contributed by atoms with van der Waals surface area (Å²) in [5.41, 5.74) is 3.04. The Labute approximate surface area is 200 Å². The second kappa shape index (κ2) is 12.8. The second-order valence-electron chi connectivity index (χ2n) is 8.06. The van der Waals surface area contributed by atoms with Crippen molar-refractivity contribution in [2.45, 2.75) is 44.8 Å². The molecule has 0 atom stereocenters. The number of aromatic amines is 1. The first-order chi connectivity index (χ1) is 16.5. The van der Waals surface area contributed by atoms with E-state index in [0.29, 0.717) is 30.3 Å². The number of H-pyrrole nitrogens is 1. The molecular formula is C28H28BF3N2. The molecule has 4 rings (SSSR count). The van der Waals surface area contributed by atoms with Crippen molar-refractivity contribution in [2.75, 3.05) is 0 Å². The largest absolute Gasteiger partial charge is 0.348 e. The minimum atomic E-state index is -0.298. The first kappa shape index (κ1) is 25.3. The van der Waals surface area contributed by atoms with Gasteiger partial charge in [0.1, 0.15) is 23.3 Å². The van der Waals surface area contributed by atoms with Crippen LogP contribution in [0.1, 0.15) is 53.8 Å². The Hall–Kier alpha value is -3.28. The molecule has 0 aliphatic heterocycles. The third kappa shape index (κ3) is 7.11. The SMILES string of the molecule is CCc1cc(F)cc(Cc2ncc[nH]2)c1.[B]CCCC(c1ccccc1F)c1ccccc1F. The molecule has 0 saturated heterocycles. The molecule has 174 valence electrons. The van der Waals surface area contributed by atoms with Crippen molar-refractivity contribution in [3.63, 3.8) is 0 Å². The molecule has 0 fully saturated rings. The lowest BCUT2D eigenvalue weighted by Gasteiger charge is -2.19. The van der Waals surface area contributed by atoms with E-state index in [1.807, 2.05) is 13.0 Å². The highest BCUT2D eigenvalue weighted by molar-refractivity contribution is 6.08. The number of imidazole rings is 1. The third-order valence-electron chi connectivity index (χ3n) is 5.61. The zero-order valence-corrected chi connectivity index (χ0v) is 19.3. The van der Waals surface area contributed by atoms with E-state index in [1.165, 1.54) is 12.1 Å². The normalized spacial score (nSPS) is 10.7. The fraction of sp³-hybridized carbons (Fsp3) is 0.250. The van der Waals surface area contributed by atoms with E-state index in [1.54, 1.807) is 60.9 Å². The maximum Gasteiger partial charge on any atom is 0.127 e. The number of hydrogen-bond donors (Lipinski definition) is 1. The van der Waals surface area contributed by atoms with Crippen molar-refractivity contribution >= 4 is 7.85 Å². The predicted molar refractivity (Wildman–Crippen MR) is 132 cm³/mol. The summed E-state index contributed by atoms with van der Waals surface area (Å²) in [5.74, 6) is -0.190. The molecule has 1 N–H and O–H groups in total. The molecule has 2 radical (unpaired) electrons.